The SMILES string of the molecule is C=CNC(=O)c1cc(Cn2c(C)c(-c3ccc[nH]c3=O)c3cc(C)c(F)cc32)c(F)cc1C. The Bertz CT molecular complexity index is 1480. The lowest BCUT2D eigenvalue weighted by atomic mass is 10.0. The number of H-pyrrole nitrogens is 1. The number of aryl methyl sites for hydroxylation is 2. The van der Waals surface area contributed by atoms with Crippen LogP contribution in [-0.4, -0.2) is 15.5 Å². The van der Waals surface area contributed by atoms with Crippen LogP contribution >= 0.6 is 0 Å². The number of hydrogen-bond donors (Lipinski definition) is 2. The minimum absolute atomic E-state index is 0.0516. The number of benzene rings is 2. The molecule has 1 amide bonds. The normalized spacial score (nSPS) is 11.1. The highest BCUT2D eigenvalue weighted by molar-refractivity contribution is 5.99. The fourth-order valence-electron chi connectivity index (χ4n) is 4.19. The van der Waals surface area contributed by atoms with Gasteiger partial charge in [-0.1, -0.05) is 6.58 Å². The molecule has 0 aliphatic heterocycles. The molecule has 2 N–H and O–H groups in total. The van der Waals surface area contributed by atoms with Gasteiger partial charge >= 0.3 is 0 Å². The van der Waals surface area contributed by atoms with Crippen LogP contribution < -0.4 is 10.9 Å². The molecule has 0 aliphatic rings. The minimum atomic E-state index is -0.476. The van der Waals surface area contributed by atoms with Crippen LogP contribution in [0.1, 0.15) is 32.7 Å². The summed E-state index contributed by atoms with van der Waals surface area (Å²) in [5, 5.41) is 3.20. The summed E-state index contributed by atoms with van der Waals surface area (Å²) in [6, 6.07) is 9.32. The van der Waals surface area contributed by atoms with Crippen molar-refractivity contribution in [2.75, 3.05) is 0 Å². The first-order chi connectivity index (χ1) is 15.7. The van der Waals surface area contributed by atoms with Crippen molar-refractivity contribution >= 4 is 16.8 Å². The second-order valence-corrected chi connectivity index (χ2v) is 8.01. The lowest BCUT2D eigenvalue weighted by Gasteiger charge is -2.13. The topological polar surface area (TPSA) is 66.9 Å². The van der Waals surface area contributed by atoms with Gasteiger partial charge in [-0.3, -0.25) is 9.59 Å². The summed E-state index contributed by atoms with van der Waals surface area (Å²) in [4.78, 5) is 27.6. The molecular formula is C26H23F2N3O2. The summed E-state index contributed by atoms with van der Waals surface area (Å²) < 4.78 is 31.3. The van der Waals surface area contributed by atoms with Crippen LogP contribution in [0.3, 0.4) is 0 Å². The number of aromatic nitrogens is 2. The van der Waals surface area contributed by atoms with E-state index < -0.39 is 17.5 Å². The van der Waals surface area contributed by atoms with Gasteiger partial charge in [-0.15, -0.1) is 0 Å². The third-order valence-corrected chi connectivity index (χ3v) is 5.89. The molecule has 2 heterocycles. The van der Waals surface area contributed by atoms with Gasteiger partial charge in [-0.2, -0.15) is 0 Å². The lowest BCUT2D eigenvalue weighted by Crippen LogP contribution is -2.19. The molecule has 0 unspecified atom stereocenters. The molecule has 4 aromatic rings. The molecule has 0 fully saturated rings. The minimum Gasteiger partial charge on any atom is -0.340 e. The Morgan fingerprint density at radius 1 is 1.12 bits per heavy atom. The van der Waals surface area contributed by atoms with Crippen molar-refractivity contribution in [2.24, 2.45) is 0 Å². The van der Waals surface area contributed by atoms with Gasteiger partial charge < -0.3 is 14.9 Å². The van der Waals surface area contributed by atoms with E-state index in [0.717, 1.165) is 0 Å². The van der Waals surface area contributed by atoms with E-state index in [0.29, 0.717) is 44.4 Å². The first-order valence-electron chi connectivity index (χ1n) is 10.4. The van der Waals surface area contributed by atoms with Gasteiger partial charge in [-0.25, -0.2) is 8.78 Å². The van der Waals surface area contributed by atoms with Crippen molar-refractivity contribution in [3.63, 3.8) is 0 Å². The number of halogens is 2. The zero-order valence-corrected chi connectivity index (χ0v) is 18.6. The Kier molecular flexibility index (Phi) is 5.72. The standard InChI is InChI=1S/C26H23F2N3O2/c1-5-29-26(33)19-11-17(22(28)10-14(19)2)13-31-16(4)24(18-7-6-8-30-25(18)32)20-9-15(3)21(27)12-23(20)31/h5-12H,1,13H2,2-4H3,(H,29,33)(H,30,32). The molecule has 0 bridgehead atoms. The summed E-state index contributed by atoms with van der Waals surface area (Å²) in [7, 11) is 0. The summed E-state index contributed by atoms with van der Waals surface area (Å²) in [6.45, 7) is 8.66. The predicted molar refractivity (Wildman–Crippen MR) is 125 cm³/mol. The summed E-state index contributed by atoms with van der Waals surface area (Å²) in [5.74, 6) is -1.27. The molecule has 0 saturated carbocycles. The number of carbonyl (C=O) groups is 1. The summed E-state index contributed by atoms with van der Waals surface area (Å²) >= 11 is 0. The number of amides is 1. The van der Waals surface area contributed by atoms with Crippen LogP contribution in [0.15, 0.2) is 60.2 Å². The quantitative estimate of drug-likeness (QED) is 0.446. The van der Waals surface area contributed by atoms with Gasteiger partial charge in [0, 0.05) is 39.5 Å². The van der Waals surface area contributed by atoms with E-state index in [9.17, 15) is 18.4 Å². The number of fused-ring (bicyclic) bond motifs is 1. The number of hydrogen-bond acceptors (Lipinski definition) is 2. The molecule has 0 aliphatic carbocycles. The molecule has 5 nitrogen and oxygen atoms in total. The average molecular weight is 447 g/mol. The van der Waals surface area contributed by atoms with Crippen LogP contribution in [0.4, 0.5) is 8.78 Å². The van der Waals surface area contributed by atoms with Crippen LogP contribution in [0, 0.1) is 32.4 Å². The Labute approximate surface area is 189 Å². The number of carbonyl (C=O) groups excluding carboxylic acids is 1. The van der Waals surface area contributed by atoms with Crippen molar-refractivity contribution in [3.8, 4) is 11.1 Å². The Hall–Kier alpha value is -4.00. The Morgan fingerprint density at radius 2 is 1.88 bits per heavy atom. The molecule has 2 aromatic carbocycles. The molecule has 168 valence electrons. The number of pyridine rings is 1. The van der Waals surface area contributed by atoms with Crippen molar-refractivity contribution < 1.29 is 13.6 Å². The summed E-state index contributed by atoms with van der Waals surface area (Å²) in [6.07, 6.45) is 2.81. The fraction of sp³-hybridized carbons (Fsp3) is 0.154. The Balaban J connectivity index is 1.96. The second kappa shape index (κ2) is 8.50. The van der Waals surface area contributed by atoms with Crippen LogP contribution in [0.25, 0.3) is 22.0 Å². The van der Waals surface area contributed by atoms with Gasteiger partial charge in [0.1, 0.15) is 11.6 Å². The highest BCUT2D eigenvalue weighted by Gasteiger charge is 2.21. The van der Waals surface area contributed by atoms with Crippen molar-refractivity contribution in [3.05, 3.63) is 105 Å². The molecule has 0 spiro atoms. The molecule has 0 radical (unpaired) electrons. The van der Waals surface area contributed by atoms with Gasteiger partial charge in [0.05, 0.1) is 12.1 Å². The Morgan fingerprint density at radius 3 is 2.58 bits per heavy atom. The van der Waals surface area contributed by atoms with Crippen LogP contribution in [0.5, 0.6) is 0 Å². The van der Waals surface area contributed by atoms with Gasteiger partial charge in [0.15, 0.2) is 0 Å². The lowest BCUT2D eigenvalue weighted by molar-refractivity contribution is 0.0969. The van der Waals surface area contributed by atoms with E-state index in [1.807, 2.05) is 6.92 Å². The maximum Gasteiger partial charge on any atom is 0.255 e. The maximum atomic E-state index is 14.9. The first-order valence-corrected chi connectivity index (χ1v) is 10.4. The van der Waals surface area contributed by atoms with E-state index in [1.54, 1.807) is 42.8 Å². The highest BCUT2D eigenvalue weighted by Crippen LogP contribution is 2.35. The molecule has 0 atom stereocenters. The summed E-state index contributed by atoms with van der Waals surface area (Å²) in [5.41, 5.74) is 3.57. The van der Waals surface area contributed by atoms with E-state index in [2.05, 4.69) is 16.9 Å². The van der Waals surface area contributed by atoms with Crippen LogP contribution in [0.2, 0.25) is 0 Å². The number of rotatable bonds is 5. The molecule has 7 heteroatoms. The van der Waals surface area contributed by atoms with E-state index in [1.165, 1.54) is 24.4 Å². The zero-order valence-electron chi connectivity index (χ0n) is 18.6. The van der Waals surface area contributed by atoms with Crippen molar-refractivity contribution in [1.82, 2.24) is 14.9 Å². The van der Waals surface area contributed by atoms with E-state index >= 15 is 0 Å². The average Bonchev–Trinajstić information content (AvgIpc) is 3.01. The van der Waals surface area contributed by atoms with E-state index in [4.69, 9.17) is 0 Å². The first kappa shape index (κ1) is 22.2. The number of nitrogens with zero attached hydrogens (tertiary/aromatic N) is 1. The van der Waals surface area contributed by atoms with Crippen LogP contribution in [-0.2, 0) is 6.54 Å². The van der Waals surface area contributed by atoms with Gasteiger partial charge in [-0.05, 0) is 74.5 Å². The molecule has 33 heavy (non-hydrogen) atoms. The molecule has 4 rings (SSSR count). The fourth-order valence-corrected chi connectivity index (χ4v) is 4.19. The maximum absolute atomic E-state index is 14.9. The van der Waals surface area contributed by atoms with Crippen molar-refractivity contribution in [2.45, 2.75) is 27.3 Å². The monoisotopic (exact) mass is 447 g/mol. The second-order valence-electron chi connectivity index (χ2n) is 8.01. The van der Waals surface area contributed by atoms with Crippen molar-refractivity contribution in [1.29, 1.82) is 0 Å². The molecule has 2 aromatic heterocycles. The van der Waals surface area contributed by atoms with Gasteiger partial charge in [0.2, 0.25) is 0 Å². The number of nitrogens with one attached hydrogen (secondary N) is 2. The third-order valence-electron chi connectivity index (χ3n) is 5.89. The predicted octanol–water partition coefficient (Wildman–Crippen LogP) is 5.12. The molecular weight excluding hydrogens is 424 g/mol. The molecule has 0 saturated heterocycles. The smallest absolute Gasteiger partial charge is 0.255 e. The van der Waals surface area contributed by atoms with Gasteiger partial charge in [0.25, 0.3) is 11.5 Å². The number of aromatic amines is 1. The highest BCUT2D eigenvalue weighted by atomic mass is 19.1. The zero-order chi connectivity index (χ0) is 23.9. The third kappa shape index (κ3) is 3.86. The van der Waals surface area contributed by atoms with E-state index in [-0.39, 0.29) is 17.7 Å². The largest absolute Gasteiger partial charge is 0.340 e.